The minimum atomic E-state index is -0.876. The van der Waals surface area contributed by atoms with E-state index in [0.29, 0.717) is 12.6 Å². The van der Waals surface area contributed by atoms with Crippen LogP contribution in [0.3, 0.4) is 0 Å². The highest BCUT2D eigenvalue weighted by atomic mass is 32.1. The largest absolute Gasteiger partial charge is 0.481 e. The van der Waals surface area contributed by atoms with Gasteiger partial charge in [0.25, 0.3) is 5.91 Å². The highest BCUT2D eigenvalue weighted by Crippen LogP contribution is 2.17. The van der Waals surface area contributed by atoms with E-state index >= 15 is 0 Å². The van der Waals surface area contributed by atoms with Crippen molar-refractivity contribution in [2.24, 2.45) is 0 Å². The zero-order valence-electron chi connectivity index (χ0n) is 13.2. The van der Waals surface area contributed by atoms with Crippen LogP contribution >= 0.6 is 12.2 Å². The fourth-order valence-corrected chi connectivity index (χ4v) is 2.06. The Morgan fingerprint density at radius 2 is 1.84 bits per heavy atom. The first-order chi connectivity index (χ1) is 12.0. The summed E-state index contributed by atoms with van der Waals surface area (Å²) in [4.78, 5) is 11.6. The molecule has 0 atom stereocenters. The van der Waals surface area contributed by atoms with E-state index in [1.165, 1.54) is 0 Å². The van der Waals surface area contributed by atoms with E-state index < -0.39 is 24.1 Å². The van der Waals surface area contributed by atoms with Gasteiger partial charge in [-0.15, -0.1) is 0 Å². The Hall–Kier alpha value is -2.74. The summed E-state index contributed by atoms with van der Waals surface area (Å²) in [5.41, 5.74) is 6.00. The van der Waals surface area contributed by atoms with Crippen molar-refractivity contribution in [1.29, 1.82) is 0 Å². The number of hydrogen-bond acceptors (Lipinski definition) is 3. The molecule has 1 amide bonds. The van der Waals surface area contributed by atoms with Crippen LogP contribution in [-0.4, -0.2) is 24.2 Å². The molecule has 0 heterocycles. The number of carbonyl (C=O) groups excluding carboxylic acids is 1. The van der Waals surface area contributed by atoms with E-state index in [0.717, 1.165) is 24.1 Å². The standard InChI is InChI=1S/C17H17F2N3O2S/c18-13-6-7-15(14(19)10-13)24-11-16(23)21-22-17(25)20-9-8-12-4-2-1-3-5-12/h1-7,10H,8-9,11H2,(H,21,23)(H2,20,22,25). The number of ether oxygens (including phenoxy) is 1. The number of benzene rings is 2. The molecule has 0 bridgehead atoms. The molecule has 0 unspecified atom stereocenters. The number of nitrogens with one attached hydrogen (secondary N) is 3. The minimum Gasteiger partial charge on any atom is -0.481 e. The topological polar surface area (TPSA) is 62.4 Å². The highest BCUT2D eigenvalue weighted by Gasteiger charge is 2.08. The van der Waals surface area contributed by atoms with Crippen LogP contribution in [0.2, 0.25) is 0 Å². The van der Waals surface area contributed by atoms with E-state index in [4.69, 9.17) is 17.0 Å². The van der Waals surface area contributed by atoms with Crippen molar-refractivity contribution in [3.05, 3.63) is 65.7 Å². The molecule has 2 aromatic carbocycles. The van der Waals surface area contributed by atoms with E-state index in [1.54, 1.807) is 0 Å². The average molecular weight is 365 g/mol. The lowest BCUT2D eigenvalue weighted by Crippen LogP contribution is -2.48. The Morgan fingerprint density at radius 3 is 2.56 bits per heavy atom. The summed E-state index contributed by atoms with van der Waals surface area (Å²) >= 11 is 5.02. The Labute approximate surface area is 149 Å². The summed E-state index contributed by atoms with van der Waals surface area (Å²) in [5, 5.41) is 3.19. The predicted molar refractivity (Wildman–Crippen MR) is 93.9 cm³/mol. The van der Waals surface area contributed by atoms with Crippen LogP contribution < -0.4 is 20.9 Å². The van der Waals surface area contributed by atoms with Crippen LogP contribution in [0.1, 0.15) is 5.56 Å². The maximum atomic E-state index is 13.4. The Morgan fingerprint density at radius 1 is 1.08 bits per heavy atom. The van der Waals surface area contributed by atoms with Crippen LogP contribution in [0.25, 0.3) is 0 Å². The number of hydrazine groups is 1. The van der Waals surface area contributed by atoms with Crippen molar-refractivity contribution in [2.45, 2.75) is 6.42 Å². The molecule has 2 rings (SSSR count). The molecule has 8 heteroatoms. The van der Waals surface area contributed by atoms with Crippen molar-refractivity contribution >= 4 is 23.2 Å². The highest BCUT2D eigenvalue weighted by molar-refractivity contribution is 7.80. The molecule has 0 aliphatic carbocycles. The molecule has 2 aromatic rings. The maximum absolute atomic E-state index is 13.4. The molecular weight excluding hydrogens is 348 g/mol. The SMILES string of the molecule is O=C(COc1ccc(F)cc1F)NNC(=S)NCCc1ccccc1. The monoisotopic (exact) mass is 365 g/mol. The second-order valence-electron chi connectivity index (χ2n) is 5.03. The smallest absolute Gasteiger partial charge is 0.276 e. The van der Waals surface area contributed by atoms with Crippen molar-refractivity contribution in [3.63, 3.8) is 0 Å². The summed E-state index contributed by atoms with van der Waals surface area (Å²) in [6, 6.07) is 12.7. The van der Waals surface area contributed by atoms with Gasteiger partial charge in [-0.05, 0) is 36.3 Å². The fraction of sp³-hybridized carbons (Fsp3) is 0.176. The molecule has 5 nitrogen and oxygen atoms in total. The summed E-state index contributed by atoms with van der Waals surface area (Å²) in [6.45, 7) is 0.158. The lowest BCUT2D eigenvalue weighted by atomic mass is 10.1. The molecule has 0 saturated carbocycles. The van der Waals surface area contributed by atoms with Crippen molar-refractivity contribution in [3.8, 4) is 5.75 Å². The summed E-state index contributed by atoms with van der Waals surface area (Å²) in [6.07, 6.45) is 0.781. The number of halogens is 2. The summed E-state index contributed by atoms with van der Waals surface area (Å²) < 4.78 is 31.1. The number of carbonyl (C=O) groups is 1. The van der Waals surface area contributed by atoms with Gasteiger partial charge in [0.1, 0.15) is 5.82 Å². The third kappa shape index (κ3) is 6.72. The van der Waals surface area contributed by atoms with Crippen molar-refractivity contribution in [2.75, 3.05) is 13.2 Å². The predicted octanol–water partition coefficient (Wildman–Crippen LogP) is 2.08. The number of amides is 1. The first-order valence-corrected chi connectivity index (χ1v) is 7.90. The second kappa shape index (κ2) is 9.53. The molecule has 0 spiro atoms. The first kappa shape index (κ1) is 18.6. The van der Waals surface area contributed by atoms with Crippen LogP contribution in [0, 0.1) is 11.6 Å². The van der Waals surface area contributed by atoms with Gasteiger partial charge in [0.2, 0.25) is 0 Å². The van der Waals surface area contributed by atoms with Gasteiger partial charge in [-0.1, -0.05) is 30.3 Å². The summed E-state index contributed by atoms with van der Waals surface area (Å²) in [5.74, 6) is -2.36. The zero-order valence-corrected chi connectivity index (χ0v) is 14.0. The van der Waals surface area contributed by atoms with E-state index in [9.17, 15) is 13.6 Å². The van der Waals surface area contributed by atoms with Gasteiger partial charge in [0.15, 0.2) is 23.3 Å². The molecule has 132 valence electrons. The molecule has 0 saturated heterocycles. The van der Waals surface area contributed by atoms with Gasteiger partial charge < -0.3 is 10.1 Å². The lowest BCUT2D eigenvalue weighted by molar-refractivity contribution is -0.123. The van der Waals surface area contributed by atoms with E-state index in [1.807, 2.05) is 30.3 Å². The molecule has 25 heavy (non-hydrogen) atoms. The molecular formula is C17H17F2N3O2S. The van der Waals surface area contributed by atoms with E-state index in [2.05, 4.69) is 16.2 Å². The first-order valence-electron chi connectivity index (χ1n) is 7.49. The molecule has 0 aliphatic rings. The normalized spacial score (nSPS) is 10.0. The van der Waals surface area contributed by atoms with Crippen LogP contribution in [0.5, 0.6) is 5.75 Å². The van der Waals surface area contributed by atoms with Crippen molar-refractivity contribution in [1.82, 2.24) is 16.2 Å². The van der Waals surface area contributed by atoms with Crippen LogP contribution in [0.4, 0.5) is 8.78 Å². The quantitative estimate of drug-likeness (QED) is 0.541. The fourth-order valence-electron chi connectivity index (χ4n) is 1.91. The van der Waals surface area contributed by atoms with Gasteiger partial charge in [0, 0.05) is 12.6 Å². The average Bonchev–Trinajstić information content (AvgIpc) is 2.60. The van der Waals surface area contributed by atoms with Gasteiger partial charge in [-0.3, -0.25) is 15.6 Å². The third-order valence-corrected chi connectivity index (χ3v) is 3.36. The van der Waals surface area contributed by atoms with E-state index in [-0.39, 0.29) is 10.9 Å². The number of thiocarbonyl (C=S) groups is 1. The van der Waals surface area contributed by atoms with Gasteiger partial charge in [0.05, 0.1) is 0 Å². The van der Waals surface area contributed by atoms with Crippen LogP contribution in [-0.2, 0) is 11.2 Å². The lowest BCUT2D eigenvalue weighted by Gasteiger charge is -2.12. The Bertz CT molecular complexity index is 729. The number of hydrogen-bond donors (Lipinski definition) is 3. The second-order valence-corrected chi connectivity index (χ2v) is 5.44. The van der Waals surface area contributed by atoms with Gasteiger partial charge in [-0.25, -0.2) is 8.78 Å². The minimum absolute atomic E-state index is 0.208. The molecule has 0 radical (unpaired) electrons. The Balaban J connectivity index is 1.63. The maximum Gasteiger partial charge on any atom is 0.276 e. The molecule has 0 aromatic heterocycles. The zero-order chi connectivity index (χ0) is 18.1. The molecule has 0 aliphatic heterocycles. The molecule has 0 fully saturated rings. The summed E-state index contributed by atoms with van der Waals surface area (Å²) in [7, 11) is 0. The van der Waals surface area contributed by atoms with Crippen LogP contribution in [0.15, 0.2) is 48.5 Å². The van der Waals surface area contributed by atoms with Gasteiger partial charge in [-0.2, -0.15) is 0 Å². The number of rotatable bonds is 6. The third-order valence-electron chi connectivity index (χ3n) is 3.11. The Kier molecular flexibility index (Phi) is 7.09. The van der Waals surface area contributed by atoms with Gasteiger partial charge >= 0.3 is 0 Å². The molecule has 3 N–H and O–H groups in total. The van der Waals surface area contributed by atoms with Crippen molar-refractivity contribution < 1.29 is 18.3 Å².